The van der Waals surface area contributed by atoms with Gasteiger partial charge in [-0.05, 0) is 18.4 Å². The molecule has 0 aliphatic rings. The Morgan fingerprint density at radius 2 is 2.00 bits per heavy atom. The van der Waals surface area contributed by atoms with Crippen LogP contribution in [0.3, 0.4) is 0 Å². The average molecular weight is 168 g/mol. The largest absolute Gasteiger partial charge is 0.387 e. The van der Waals surface area contributed by atoms with Crippen LogP contribution in [-0.2, 0) is 7.05 Å². The van der Waals surface area contributed by atoms with Gasteiger partial charge in [-0.3, -0.25) is 4.68 Å². The maximum atomic E-state index is 9.46. The van der Waals surface area contributed by atoms with Gasteiger partial charge in [0.25, 0.3) is 0 Å². The van der Waals surface area contributed by atoms with Crippen LogP contribution in [0.15, 0.2) is 6.20 Å². The van der Waals surface area contributed by atoms with Crippen LogP contribution < -0.4 is 0 Å². The molecule has 0 amide bonds. The minimum Gasteiger partial charge on any atom is -0.387 e. The lowest BCUT2D eigenvalue weighted by Crippen LogP contribution is -2.05. The molecule has 0 aliphatic carbocycles. The van der Waals surface area contributed by atoms with Crippen molar-refractivity contribution in [1.82, 2.24) is 9.78 Å². The highest BCUT2D eigenvalue weighted by Crippen LogP contribution is 2.23. The molecular formula is C9H16N2O. The summed E-state index contributed by atoms with van der Waals surface area (Å²) in [5, 5.41) is 13.6. The number of aliphatic hydroxyl groups excluding tert-OH is 1. The Kier molecular flexibility index (Phi) is 2.52. The molecule has 3 heteroatoms. The van der Waals surface area contributed by atoms with Gasteiger partial charge in [-0.2, -0.15) is 5.10 Å². The molecule has 0 spiro atoms. The molecule has 1 unspecified atom stereocenters. The average Bonchev–Trinajstić information content (AvgIpc) is 2.30. The summed E-state index contributed by atoms with van der Waals surface area (Å²) < 4.78 is 1.74. The van der Waals surface area contributed by atoms with Gasteiger partial charge in [0.2, 0.25) is 0 Å². The van der Waals surface area contributed by atoms with E-state index in [1.54, 1.807) is 11.6 Å². The molecule has 0 aromatic carbocycles. The summed E-state index contributed by atoms with van der Waals surface area (Å²) >= 11 is 0. The first-order valence-electron chi connectivity index (χ1n) is 4.24. The third-order valence-corrected chi connectivity index (χ3v) is 2.03. The fraction of sp³-hybridized carbons (Fsp3) is 0.667. The second-order valence-electron chi connectivity index (χ2n) is 3.44. The summed E-state index contributed by atoms with van der Waals surface area (Å²) in [6.07, 6.45) is 1.39. The Balaban J connectivity index is 3.12. The number of nitrogens with zero attached hydrogens (tertiary/aromatic N) is 2. The Bertz CT molecular complexity index is 263. The molecule has 68 valence electrons. The second kappa shape index (κ2) is 3.27. The van der Waals surface area contributed by atoms with Crippen LogP contribution in [0.5, 0.6) is 0 Å². The molecule has 0 aliphatic heterocycles. The van der Waals surface area contributed by atoms with Crippen LogP contribution in [0.2, 0.25) is 0 Å². The number of aryl methyl sites for hydroxylation is 1. The highest BCUT2D eigenvalue weighted by atomic mass is 16.3. The smallest absolute Gasteiger partial charge is 0.0931 e. The van der Waals surface area contributed by atoms with Crippen molar-refractivity contribution in [3.05, 3.63) is 17.5 Å². The van der Waals surface area contributed by atoms with Crippen LogP contribution in [0.25, 0.3) is 0 Å². The molecule has 0 radical (unpaired) electrons. The Hall–Kier alpha value is -0.830. The standard InChI is InChI=1S/C9H16N2O/c1-6(2)8-5-10-11(4)9(8)7(3)12/h5-7,12H,1-4H3. The Morgan fingerprint density at radius 3 is 2.33 bits per heavy atom. The van der Waals surface area contributed by atoms with E-state index in [1.807, 2.05) is 13.2 Å². The van der Waals surface area contributed by atoms with Crippen molar-refractivity contribution >= 4 is 0 Å². The third kappa shape index (κ3) is 1.50. The summed E-state index contributed by atoms with van der Waals surface area (Å²) in [5.74, 6) is 0.420. The number of aromatic nitrogens is 2. The summed E-state index contributed by atoms with van der Waals surface area (Å²) in [6, 6.07) is 0. The van der Waals surface area contributed by atoms with Crippen molar-refractivity contribution in [3.63, 3.8) is 0 Å². The number of rotatable bonds is 2. The van der Waals surface area contributed by atoms with Gasteiger partial charge in [-0.1, -0.05) is 13.8 Å². The molecule has 0 fully saturated rings. The maximum Gasteiger partial charge on any atom is 0.0931 e. The summed E-state index contributed by atoms with van der Waals surface area (Å²) in [5.41, 5.74) is 2.05. The van der Waals surface area contributed by atoms with Gasteiger partial charge in [0.1, 0.15) is 0 Å². The van der Waals surface area contributed by atoms with Gasteiger partial charge in [0.15, 0.2) is 0 Å². The van der Waals surface area contributed by atoms with E-state index in [-0.39, 0.29) is 0 Å². The first-order valence-corrected chi connectivity index (χ1v) is 4.24. The number of hydrogen-bond donors (Lipinski definition) is 1. The molecule has 1 heterocycles. The molecule has 1 rings (SSSR count). The van der Waals surface area contributed by atoms with Gasteiger partial charge in [-0.25, -0.2) is 0 Å². The summed E-state index contributed by atoms with van der Waals surface area (Å²) in [7, 11) is 1.86. The molecule has 3 nitrogen and oxygen atoms in total. The lowest BCUT2D eigenvalue weighted by Gasteiger charge is -2.10. The second-order valence-corrected chi connectivity index (χ2v) is 3.44. The van der Waals surface area contributed by atoms with E-state index in [9.17, 15) is 5.11 Å². The fourth-order valence-corrected chi connectivity index (χ4v) is 1.42. The van der Waals surface area contributed by atoms with Crippen molar-refractivity contribution in [2.45, 2.75) is 32.8 Å². The van der Waals surface area contributed by atoms with Gasteiger partial charge >= 0.3 is 0 Å². The zero-order chi connectivity index (χ0) is 9.30. The van der Waals surface area contributed by atoms with Crippen LogP contribution in [-0.4, -0.2) is 14.9 Å². The maximum absolute atomic E-state index is 9.46. The lowest BCUT2D eigenvalue weighted by molar-refractivity contribution is 0.187. The molecular weight excluding hydrogens is 152 g/mol. The van der Waals surface area contributed by atoms with Gasteiger partial charge < -0.3 is 5.11 Å². The topological polar surface area (TPSA) is 38.0 Å². The molecule has 0 bridgehead atoms. The molecule has 1 aromatic rings. The molecule has 0 saturated heterocycles. The molecule has 1 atom stereocenters. The quantitative estimate of drug-likeness (QED) is 0.728. The zero-order valence-electron chi connectivity index (χ0n) is 8.07. The lowest BCUT2D eigenvalue weighted by atomic mass is 10.0. The predicted molar refractivity (Wildman–Crippen MR) is 47.9 cm³/mol. The van der Waals surface area contributed by atoms with E-state index in [1.165, 1.54) is 0 Å². The molecule has 1 N–H and O–H groups in total. The van der Waals surface area contributed by atoms with Crippen LogP contribution in [0, 0.1) is 0 Å². The monoisotopic (exact) mass is 168 g/mol. The minimum atomic E-state index is -0.435. The van der Waals surface area contributed by atoms with Gasteiger partial charge in [0.05, 0.1) is 18.0 Å². The van der Waals surface area contributed by atoms with Gasteiger partial charge in [-0.15, -0.1) is 0 Å². The summed E-state index contributed by atoms with van der Waals surface area (Å²) in [4.78, 5) is 0. The van der Waals surface area contributed by atoms with Crippen molar-refractivity contribution in [3.8, 4) is 0 Å². The minimum absolute atomic E-state index is 0.420. The van der Waals surface area contributed by atoms with Gasteiger partial charge in [0, 0.05) is 7.05 Å². The van der Waals surface area contributed by atoms with Crippen LogP contribution in [0.4, 0.5) is 0 Å². The molecule has 12 heavy (non-hydrogen) atoms. The van der Waals surface area contributed by atoms with E-state index in [2.05, 4.69) is 18.9 Å². The predicted octanol–water partition coefficient (Wildman–Crippen LogP) is 1.60. The zero-order valence-corrected chi connectivity index (χ0v) is 8.07. The summed E-state index contributed by atoms with van der Waals surface area (Å²) in [6.45, 7) is 5.97. The van der Waals surface area contributed by atoms with Crippen molar-refractivity contribution in [2.75, 3.05) is 0 Å². The van der Waals surface area contributed by atoms with Crippen molar-refractivity contribution < 1.29 is 5.11 Å². The third-order valence-electron chi connectivity index (χ3n) is 2.03. The normalized spacial score (nSPS) is 13.8. The Morgan fingerprint density at radius 1 is 1.42 bits per heavy atom. The highest BCUT2D eigenvalue weighted by Gasteiger charge is 2.15. The molecule has 0 saturated carbocycles. The van der Waals surface area contributed by atoms with Crippen LogP contribution >= 0.6 is 0 Å². The molecule has 1 aromatic heterocycles. The van der Waals surface area contributed by atoms with E-state index >= 15 is 0 Å². The first-order chi connectivity index (χ1) is 5.54. The van der Waals surface area contributed by atoms with Crippen molar-refractivity contribution in [2.24, 2.45) is 7.05 Å². The first kappa shape index (κ1) is 9.26. The van der Waals surface area contributed by atoms with Crippen molar-refractivity contribution in [1.29, 1.82) is 0 Å². The van der Waals surface area contributed by atoms with E-state index in [0.29, 0.717) is 5.92 Å². The Labute approximate surface area is 73.0 Å². The number of hydrogen-bond acceptors (Lipinski definition) is 2. The SMILES string of the molecule is CC(C)c1cnn(C)c1C(C)O. The van der Waals surface area contributed by atoms with E-state index in [4.69, 9.17) is 0 Å². The fourth-order valence-electron chi connectivity index (χ4n) is 1.42. The van der Waals surface area contributed by atoms with Crippen LogP contribution in [0.1, 0.15) is 44.1 Å². The van der Waals surface area contributed by atoms with E-state index in [0.717, 1.165) is 11.3 Å². The number of aliphatic hydroxyl groups is 1. The van der Waals surface area contributed by atoms with E-state index < -0.39 is 6.10 Å². The highest BCUT2D eigenvalue weighted by molar-refractivity contribution is 5.22.